The predicted molar refractivity (Wildman–Crippen MR) is 110 cm³/mol. The molecule has 0 aliphatic heterocycles. The van der Waals surface area contributed by atoms with Crippen LogP contribution < -0.4 is 0 Å². The Hall–Kier alpha value is -2.35. The molecule has 0 saturated heterocycles. The molecule has 0 saturated carbocycles. The highest BCUT2D eigenvalue weighted by Crippen LogP contribution is 2.27. The summed E-state index contributed by atoms with van der Waals surface area (Å²) >= 11 is 12.2. The van der Waals surface area contributed by atoms with Crippen LogP contribution in [0.5, 0.6) is 0 Å². The summed E-state index contributed by atoms with van der Waals surface area (Å²) in [6, 6.07) is 9.70. The monoisotopic (exact) mass is 438 g/mol. The van der Waals surface area contributed by atoms with Crippen LogP contribution in [0.25, 0.3) is 17.0 Å². The van der Waals surface area contributed by atoms with Crippen molar-refractivity contribution in [2.24, 2.45) is 0 Å². The number of aromatic nitrogens is 2. The summed E-state index contributed by atoms with van der Waals surface area (Å²) in [5.41, 5.74) is 1.84. The van der Waals surface area contributed by atoms with Crippen LogP contribution in [0.15, 0.2) is 46.9 Å². The highest BCUT2D eigenvalue weighted by Gasteiger charge is 2.16. The van der Waals surface area contributed by atoms with Gasteiger partial charge in [0.1, 0.15) is 0 Å². The van der Waals surface area contributed by atoms with Crippen molar-refractivity contribution in [1.82, 2.24) is 9.78 Å². The molecule has 0 aliphatic rings. The summed E-state index contributed by atoms with van der Waals surface area (Å²) < 4.78 is 25.5. The zero-order valence-corrected chi connectivity index (χ0v) is 17.3. The molecule has 0 fully saturated rings. The van der Waals surface area contributed by atoms with Crippen LogP contribution in [0.2, 0.25) is 10.0 Å². The number of carbonyl (C=O) groups is 1. The van der Waals surface area contributed by atoms with Crippen LogP contribution in [0.4, 0.5) is 0 Å². The number of sulfone groups is 1. The number of fused-ring (bicyclic) bond motifs is 1. The summed E-state index contributed by atoms with van der Waals surface area (Å²) in [6.45, 7) is 1.73. The Kier molecular flexibility index (Phi) is 5.52. The average Bonchev–Trinajstić information content (AvgIpc) is 2.93. The maximum atomic E-state index is 12.0. The molecular formula is C19H16Cl2N2O4S. The zero-order chi connectivity index (χ0) is 20.6. The fourth-order valence-corrected chi connectivity index (χ4v) is 3.82. The van der Waals surface area contributed by atoms with Gasteiger partial charge in [0, 0.05) is 27.3 Å². The molecule has 3 rings (SSSR count). The minimum Gasteiger partial charge on any atom is -0.478 e. The van der Waals surface area contributed by atoms with Crippen molar-refractivity contribution in [1.29, 1.82) is 0 Å². The van der Waals surface area contributed by atoms with Gasteiger partial charge in [0.15, 0.2) is 9.84 Å². The molecule has 28 heavy (non-hydrogen) atoms. The summed E-state index contributed by atoms with van der Waals surface area (Å²) in [6.07, 6.45) is 2.57. The van der Waals surface area contributed by atoms with E-state index >= 15 is 0 Å². The van der Waals surface area contributed by atoms with Gasteiger partial charge >= 0.3 is 5.97 Å². The summed E-state index contributed by atoms with van der Waals surface area (Å²) in [5.74, 6) is -1.06. The molecule has 6 nitrogen and oxygen atoms in total. The molecule has 0 unspecified atom stereocenters. The molecule has 0 atom stereocenters. The van der Waals surface area contributed by atoms with Gasteiger partial charge in [-0.05, 0) is 48.9 Å². The first kappa shape index (κ1) is 20.4. The molecule has 0 bridgehead atoms. The van der Waals surface area contributed by atoms with Gasteiger partial charge in [0.05, 0.1) is 22.7 Å². The lowest BCUT2D eigenvalue weighted by molar-refractivity contribution is -0.132. The highest BCUT2D eigenvalue weighted by atomic mass is 35.5. The van der Waals surface area contributed by atoms with Crippen LogP contribution in [0.3, 0.4) is 0 Å². The van der Waals surface area contributed by atoms with Crippen LogP contribution in [0, 0.1) is 0 Å². The van der Waals surface area contributed by atoms with E-state index in [2.05, 4.69) is 5.10 Å². The molecule has 1 heterocycles. The van der Waals surface area contributed by atoms with Crippen molar-refractivity contribution in [2.45, 2.75) is 18.4 Å². The van der Waals surface area contributed by atoms with E-state index in [4.69, 9.17) is 28.3 Å². The van der Waals surface area contributed by atoms with Gasteiger partial charge < -0.3 is 5.11 Å². The maximum absolute atomic E-state index is 12.0. The van der Waals surface area contributed by atoms with E-state index in [1.807, 2.05) is 0 Å². The van der Waals surface area contributed by atoms with E-state index in [-0.39, 0.29) is 17.0 Å². The lowest BCUT2D eigenvalue weighted by Crippen LogP contribution is -2.04. The van der Waals surface area contributed by atoms with Crippen molar-refractivity contribution >= 4 is 56.0 Å². The molecule has 0 radical (unpaired) electrons. The third kappa shape index (κ3) is 4.22. The first-order valence-corrected chi connectivity index (χ1v) is 10.8. The Balaban J connectivity index is 2.21. The van der Waals surface area contributed by atoms with E-state index in [0.717, 1.165) is 11.8 Å². The Bertz CT molecular complexity index is 1230. The van der Waals surface area contributed by atoms with Crippen molar-refractivity contribution in [3.05, 3.63) is 63.3 Å². The van der Waals surface area contributed by atoms with Gasteiger partial charge in [0.25, 0.3) is 0 Å². The van der Waals surface area contributed by atoms with Gasteiger partial charge in [-0.2, -0.15) is 5.10 Å². The molecule has 1 N–H and O–H groups in total. The largest absolute Gasteiger partial charge is 0.478 e. The van der Waals surface area contributed by atoms with Crippen molar-refractivity contribution in [2.75, 3.05) is 6.26 Å². The number of carboxylic acid groups (broad SMARTS) is 1. The second-order valence-corrected chi connectivity index (χ2v) is 9.22. The number of rotatable bonds is 5. The number of nitrogens with zero attached hydrogens (tertiary/aromatic N) is 2. The van der Waals surface area contributed by atoms with Crippen LogP contribution in [-0.2, 0) is 21.2 Å². The van der Waals surface area contributed by atoms with Crippen molar-refractivity contribution in [3.8, 4) is 0 Å². The van der Waals surface area contributed by atoms with Crippen LogP contribution in [0.1, 0.15) is 18.2 Å². The number of hydrogen-bond donors (Lipinski definition) is 1. The Labute approximate surface area is 171 Å². The standard InChI is InChI=1S/C19H16Cl2N2O4S/c1-11(19(24)25)7-17-15-6-5-14(28(2,26)27)9-18(15)23(22-17)10-12-3-4-13(20)8-16(12)21/h3-9H,10H2,1-2H3,(H,24,25). The van der Waals surface area contributed by atoms with E-state index in [1.165, 1.54) is 25.1 Å². The van der Waals surface area contributed by atoms with E-state index in [0.29, 0.717) is 26.6 Å². The van der Waals surface area contributed by atoms with Crippen molar-refractivity contribution in [3.63, 3.8) is 0 Å². The third-order valence-electron chi connectivity index (χ3n) is 4.21. The van der Waals surface area contributed by atoms with E-state index < -0.39 is 15.8 Å². The maximum Gasteiger partial charge on any atom is 0.331 e. The lowest BCUT2D eigenvalue weighted by Gasteiger charge is -2.07. The molecule has 0 aliphatic carbocycles. The molecule has 3 aromatic rings. The highest BCUT2D eigenvalue weighted by molar-refractivity contribution is 7.90. The van der Waals surface area contributed by atoms with Crippen molar-refractivity contribution < 1.29 is 18.3 Å². The minimum atomic E-state index is -3.42. The van der Waals surface area contributed by atoms with Gasteiger partial charge in [-0.1, -0.05) is 29.3 Å². The van der Waals surface area contributed by atoms with Crippen LogP contribution in [-0.4, -0.2) is 35.5 Å². The molecule has 0 amide bonds. The first-order chi connectivity index (χ1) is 13.1. The first-order valence-electron chi connectivity index (χ1n) is 8.12. The molecule has 2 aromatic carbocycles. The van der Waals surface area contributed by atoms with E-state index in [1.54, 1.807) is 28.9 Å². The van der Waals surface area contributed by atoms with Crippen LogP contribution >= 0.6 is 23.2 Å². The Morgan fingerprint density at radius 2 is 1.93 bits per heavy atom. The summed E-state index contributed by atoms with van der Waals surface area (Å²) in [7, 11) is -3.42. The number of hydrogen-bond acceptors (Lipinski definition) is 4. The van der Waals surface area contributed by atoms with Gasteiger partial charge in [-0.25, -0.2) is 13.2 Å². The van der Waals surface area contributed by atoms with Gasteiger partial charge in [-0.15, -0.1) is 0 Å². The molecule has 1 aromatic heterocycles. The lowest BCUT2D eigenvalue weighted by atomic mass is 10.1. The zero-order valence-electron chi connectivity index (χ0n) is 15.0. The molecular weight excluding hydrogens is 423 g/mol. The second-order valence-electron chi connectivity index (χ2n) is 6.36. The Morgan fingerprint density at radius 1 is 1.21 bits per heavy atom. The Morgan fingerprint density at radius 3 is 2.54 bits per heavy atom. The SMILES string of the molecule is CC(=Cc1nn(Cc2ccc(Cl)cc2Cl)c2cc(S(C)(=O)=O)ccc12)C(=O)O. The molecule has 0 spiro atoms. The molecule has 9 heteroatoms. The third-order valence-corrected chi connectivity index (χ3v) is 5.90. The average molecular weight is 439 g/mol. The predicted octanol–water partition coefficient (Wildman–Crippen LogP) is 4.28. The van der Waals surface area contributed by atoms with Gasteiger partial charge in [-0.3, -0.25) is 4.68 Å². The number of benzene rings is 2. The summed E-state index contributed by atoms with van der Waals surface area (Å²) in [5, 5.41) is 15.2. The number of halogens is 2. The minimum absolute atomic E-state index is 0.114. The normalized spacial score (nSPS) is 12.5. The number of carboxylic acids is 1. The quantitative estimate of drug-likeness (QED) is 0.600. The smallest absolute Gasteiger partial charge is 0.331 e. The topological polar surface area (TPSA) is 89.3 Å². The number of aliphatic carboxylic acids is 1. The summed E-state index contributed by atoms with van der Waals surface area (Å²) in [4.78, 5) is 11.3. The van der Waals surface area contributed by atoms with E-state index in [9.17, 15) is 13.2 Å². The fourth-order valence-electron chi connectivity index (χ4n) is 2.72. The van der Waals surface area contributed by atoms with Gasteiger partial charge in [0.2, 0.25) is 0 Å². The molecule has 146 valence electrons. The fraction of sp³-hybridized carbons (Fsp3) is 0.158. The second kappa shape index (κ2) is 7.58.